The van der Waals surface area contributed by atoms with Gasteiger partial charge < -0.3 is 4.98 Å². The number of nitrogens with zero attached hydrogens (tertiary/aromatic N) is 1. The van der Waals surface area contributed by atoms with E-state index in [9.17, 15) is 4.79 Å². The minimum atomic E-state index is 0.232. The number of benzene rings is 1. The van der Waals surface area contributed by atoms with Crippen LogP contribution in [-0.4, -0.2) is 35.3 Å². The van der Waals surface area contributed by atoms with Crippen molar-refractivity contribution < 1.29 is 4.79 Å². The van der Waals surface area contributed by atoms with E-state index >= 15 is 0 Å². The summed E-state index contributed by atoms with van der Waals surface area (Å²) in [5, 5.41) is 1.06. The number of likely N-dealkylation sites (tertiary alicyclic amines) is 1. The van der Waals surface area contributed by atoms with Crippen LogP contribution in [0.1, 0.15) is 35.7 Å². The van der Waals surface area contributed by atoms with Crippen molar-refractivity contribution in [2.75, 3.05) is 19.6 Å². The Morgan fingerprint density at radius 3 is 3.10 bits per heavy atom. The summed E-state index contributed by atoms with van der Waals surface area (Å²) < 4.78 is 0. The summed E-state index contributed by atoms with van der Waals surface area (Å²) in [4.78, 5) is 18.0. The fourth-order valence-corrected chi connectivity index (χ4v) is 3.18. The SMILES string of the molecule is Cc1ccc2[nH]cc(C(=O)CN3CCC[C@H](C)C3)c2c1. The van der Waals surface area contributed by atoms with Crippen molar-refractivity contribution in [1.29, 1.82) is 0 Å². The number of fused-ring (bicyclic) bond motifs is 1. The summed E-state index contributed by atoms with van der Waals surface area (Å²) in [5.41, 5.74) is 3.07. The molecule has 2 aromatic rings. The molecule has 1 aliphatic rings. The minimum Gasteiger partial charge on any atom is -0.360 e. The number of aromatic nitrogens is 1. The van der Waals surface area contributed by atoms with Crippen LogP contribution < -0.4 is 0 Å². The van der Waals surface area contributed by atoms with Crippen LogP contribution in [0.15, 0.2) is 24.4 Å². The van der Waals surface area contributed by atoms with Gasteiger partial charge in [0, 0.05) is 29.2 Å². The highest BCUT2D eigenvalue weighted by atomic mass is 16.1. The molecule has 20 heavy (non-hydrogen) atoms. The first kappa shape index (κ1) is 13.4. The maximum atomic E-state index is 12.5. The Kier molecular flexibility index (Phi) is 3.62. The van der Waals surface area contributed by atoms with Gasteiger partial charge in [0.05, 0.1) is 6.54 Å². The molecule has 1 atom stereocenters. The first-order chi connectivity index (χ1) is 9.63. The molecule has 2 heterocycles. The van der Waals surface area contributed by atoms with Gasteiger partial charge in [0.1, 0.15) is 0 Å². The van der Waals surface area contributed by atoms with E-state index in [1.165, 1.54) is 18.4 Å². The zero-order valence-corrected chi connectivity index (χ0v) is 12.3. The summed E-state index contributed by atoms with van der Waals surface area (Å²) >= 11 is 0. The number of aromatic amines is 1. The third kappa shape index (κ3) is 2.63. The monoisotopic (exact) mass is 270 g/mol. The Morgan fingerprint density at radius 1 is 1.45 bits per heavy atom. The summed E-state index contributed by atoms with van der Waals surface area (Å²) in [5.74, 6) is 0.942. The number of aryl methyl sites for hydroxylation is 1. The summed E-state index contributed by atoms with van der Waals surface area (Å²) in [7, 11) is 0. The van der Waals surface area contributed by atoms with E-state index in [0.29, 0.717) is 12.5 Å². The Labute approximate surface area is 120 Å². The number of hydrogen-bond donors (Lipinski definition) is 1. The molecule has 1 aliphatic heterocycles. The summed E-state index contributed by atoms with van der Waals surface area (Å²) in [6.45, 7) is 6.98. The molecule has 1 N–H and O–H groups in total. The van der Waals surface area contributed by atoms with E-state index in [0.717, 1.165) is 29.6 Å². The van der Waals surface area contributed by atoms with Crippen molar-refractivity contribution in [3.8, 4) is 0 Å². The van der Waals surface area contributed by atoms with Gasteiger partial charge in [-0.05, 0) is 44.4 Å². The number of H-pyrrole nitrogens is 1. The highest BCUT2D eigenvalue weighted by Gasteiger charge is 2.20. The molecular weight excluding hydrogens is 248 g/mol. The molecule has 1 fully saturated rings. The third-order valence-electron chi connectivity index (χ3n) is 4.25. The molecule has 3 nitrogen and oxygen atoms in total. The molecule has 3 heteroatoms. The quantitative estimate of drug-likeness (QED) is 0.868. The number of piperidine rings is 1. The summed E-state index contributed by atoms with van der Waals surface area (Å²) in [6, 6.07) is 6.21. The maximum absolute atomic E-state index is 12.5. The number of hydrogen-bond acceptors (Lipinski definition) is 2. The number of rotatable bonds is 3. The Bertz CT molecular complexity index is 629. The molecule has 1 aromatic carbocycles. The smallest absolute Gasteiger partial charge is 0.178 e. The van der Waals surface area contributed by atoms with E-state index in [4.69, 9.17) is 0 Å². The van der Waals surface area contributed by atoms with Crippen molar-refractivity contribution in [3.63, 3.8) is 0 Å². The van der Waals surface area contributed by atoms with Gasteiger partial charge in [-0.15, -0.1) is 0 Å². The summed E-state index contributed by atoms with van der Waals surface area (Å²) in [6.07, 6.45) is 4.36. The second-order valence-electron chi connectivity index (χ2n) is 6.16. The van der Waals surface area contributed by atoms with Gasteiger partial charge in [-0.3, -0.25) is 9.69 Å². The minimum absolute atomic E-state index is 0.232. The van der Waals surface area contributed by atoms with Gasteiger partial charge in [0.25, 0.3) is 0 Å². The number of carbonyl (C=O) groups excluding carboxylic acids is 1. The zero-order valence-electron chi connectivity index (χ0n) is 12.3. The molecule has 0 aliphatic carbocycles. The largest absolute Gasteiger partial charge is 0.360 e. The highest BCUT2D eigenvalue weighted by molar-refractivity contribution is 6.08. The average Bonchev–Trinajstić information content (AvgIpc) is 2.81. The van der Waals surface area contributed by atoms with Crippen LogP contribution in [0.4, 0.5) is 0 Å². The second kappa shape index (κ2) is 5.41. The van der Waals surface area contributed by atoms with E-state index in [-0.39, 0.29) is 5.78 Å². The Balaban J connectivity index is 1.80. The standard InChI is InChI=1S/C17H22N2O/c1-12-5-6-16-14(8-12)15(9-18-16)17(20)11-19-7-3-4-13(2)10-19/h5-6,8-9,13,18H,3-4,7,10-11H2,1-2H3/t13-/m0/s1. The molecule has 1 saturated heterocycles. The maximum Gasteiger partial charge on any atom is 0.178 e. The van der Waals surface area contributed by atoms with Gasteiger partial charge in [0.15, 0.2) is 5.78 Å². The van der Waals surface area contributed by atoms with Crippen LogP contribution in [0.5, 0.6) is 0 Å². The van der Waals surface area contributed by atoms with Crippen LogP contribution in [0.25, 0.3) is 10.9 Å². The second-order valence-corrected chi connectivity index (χ2v) is 6.16. The predicted octanol–water partition coefficient (Wildman–Crippen LogP) is 3.39. The van der Waals surface area contributed by atoms with Crippen molar-refractivity contribution in [3.05, 3.63) is 35.5 Å². The molecule has 0 radical (unpaired) electrons. The lowest BCUT2D eigenvalue weighted by Gasteiger charge is -2.30. The van der Waals surface area contributed by atoms with Crippen molar-refractivity contribution in [1.82, 2.24) is 9.88 Å². The highest BCUT2D eigenvalue weighted by Crippen LogP contribution is 2.21. The van der Waals surface area contributed by atoms with E-state index in [1.54, 1.807) is 0 Å². The first-order valence-corrected chi connectivity index (χ1v) is 7.47. The predicted molar refractivity (Wildman–Crippen MR) is 82.2 cm³/mol. The molecule has 0 spiro atoms. The van der Waals surface area contributed by atoms with Crippen LogP contribution >= 0.6 is 0 Å². The van der Waals surface area contributed by atoms with Crippen LogP contribution in [0, 0.1) is 12.8 Å². The molecule has 1 aromatic heterocycles. The van der Waals surface area contributed by atoms with E-state index in [1.807, 2.05) is 12.3 Å². The van der Waals surface area contributed by atoms with Crippen molar-refractivity contribution >= 4 is 16.7 Å². The molecule has 106 valence electrons. The lowest BCUT2D eigenvalue weighted by atomic mass is 9.99. The van der Waals surface area contributed by atoms with E-state index in [2.05, 4.69) is 35.9 Å². The Morgan fingerprint density at radius 2 is 2.30 bits per heavy atom. The van der Waals surface area contributed by atoms with Crippen molar-refractivity contribution in [2.24, 2.45) is 5.92 Å². The van der Waals surface area contributed by atoms with Crippen LogP contribution in [-0.2, 0) is 0 Å². The molecule has 0 amide bonds. The van der Waals surface area contributed by atoms with Gasteiger partial charge in [0.2, 0.25) is 0 Å². The normalized spacial score (nSPS) is 20.4. The number of carbonyl (C=O) groups is 1. The Hall–Kier alpha value is -1.61. The fourth-order valence-electron chi connectivity index (χ4n) is 3.18. The lowest BCUT2D eigenvalue weighted by Crippen LogP contribution is -2.37. The zero-order chi connectivity index (χ0) is 14.1. The fraction of sp³-hybridized carbons (Fsp3) is 0.471. The lowest BCUT2D eigenvalue weighted by molar-refractivity contribution is 0.0894. The molecule has 0 saturated carbocycles. The van der Waals surface area contributed by atoms with E-state index < -0.39 is 0 Å². The molecular formula is C17H22N2O. The van der Waals surface area contributed by atoms with Gasteiger partial charge >= 0.3 is 0 Å². The van der Waals surface area contributed by atoms with Crippen LogP contribution in [0.3, 0.4) is 0 Å². The van der Waals surface area contributed by atoms with Gasteiger partial charge in [-0.25, -0.2) is 0 Å². The van der Waals surface area contributed by atoms with Gasteiger partial charge in [-0.2, -0.15) is 0 Å². The van der Waals surface area contributed by atoms with Crippen molar-refractivity contribution in [2.45, 2.75) is 26.7 Å². The topological polar surface area (TPSA) is 36.1 Å². The van der Waals surface area contributed by atoms with Gasteiger partial charge in [-0.1, -0.05) is 18.6 Å². The number of Topliss-reactive ketones (excluding diaryl/α,β-unsaturated/α-hetero) is 1. The number of ketones is 1. The molecule has 0 bridgehead atoms. The van der Waals surface area contributed by atoms with Crippen LogP contribution in [0.2, 0.25) is 0 Å². The average molecular weight is 270 g/mol. The number of nitrogens with one attached hydrogen (secondary N) is 1. The molecule has 0 unspecified atom stereocenters. The molecule has 3 rings (SSSR count). The third-order valence-corrected chi connectivity index (χ3v) is 4.25. The first-order valence-electron chi connectivity index (χ1n) is 7.47.